The molecule has 1 saturated heterocycles. The molecule has 4 rings (SSSR count). The van der Waals surface area contributed by atoms with Gasteiger partial charge in [-0.3, -0.25) is 4.98 Å². The number of hydrogen-bond acceptors (Lipinski definition) is 6. The van der Waals surface area contributed by atoms with Gasteiger partial charge in [0.2, 0.25) is 11.8 Å². The monoisotopic (exact) mass is 443 g/mol. The number of halogens is 3. The van der Waals surface area contributed by atoms with Crippen LogP contribution < -0.4 is 15.8 Å². The van der Waals surface area contributed by atoms with Crippen LogP contribution in [-0.4, -0.2) is 34.6 Å². The molecular weight excluding hydrogens is 419 g/mol. The number of rotatable bonds is 6. The topological polar surface area (TPSA) is 86.0 Å². The van der Waals surface area contributed by atoms with Crippen molar-refractivity contribution in [3.8, 4) is 28.3 Å². The zero-order valence-corrected chi connectivity index (χ0v) is 17.6. The van der Waals surface area contributed by atoms with Crippen LogP contribution in [0.4, 0.5) is 19.1 Å². The molecule has 1 aliphatic heterocycles. The minimum atomic E-state index is -2.74. The maximum atomic E-state index is 13.5. The van der Waals surface area contributed by atoms with Crippen LogP contribution in [0.15, 0.2) is 36.4 Å². The lowest BCUT2D eigenvalue weighted by atomic mass is 9.98. The Morgan fingerprint density at radius 1 is 1.06 bits per heavy atom. The largest absolute Gasteiger partial charge is 0.477 e. The average Bonchev–Trinajstić information content (AvgIpc) is 2.78. The summed E-state index contributed by atoms with van der Waals surface area (Å²) < 4.78 is 46.6. The molecule has 0 bridgehead atoms. The van der Waals surface area contributed by atoms with Gasteiger partial charge in [0.05, 0.1) is 17.9 Å². The molecule has 32 heavy (non-hydrogen) atoms. The van der Waals surface area contributed by atoms with Gasteiger partial charge >= 0.3 is 0 Å². The summed E-state index contributed by atoms with van der Waals surface area (Å²) in [4.78, 5) is 12.6. The molecule has 0 atom stereocenters. The number of nitrogens with zero attached hydrogens (tertiary/aromatic N) is 3. The zero-order chi connectivity index (χ0) is 22.7. The molecule has 2 aromatic heterocycles. The maximum Gasteiger partial charge on any atom is 0.280 e. The van der Waals surface area contributed by atoms with Crippen molar-refractivity contribution in [1.29, 1.82) is 0 Å². The Morgan fingerprint density at radius 2 is 1.78 bits per heavy atom. The van der Waals surface area contributed by atoms with Crippen molar-refractivity contribution in [1.82, 2.24) is 20.3 Å². The van der Waals surface area contributed by atoms with E-state index in [9.17, 15) is 13.2 Å². The third kappa shape index (κ3) is 4.99. The SMILES string of the molecule is Cc1cc(-c2c(OCC3CCNCC3)nc(N)nc2-c2ccc(F)cc2)cc(C(F)F)n1. The summed E-state index contributed by atoms with van der Waals surface area (Å²) in [7, 11) is 0. The highest BCUT2D eigenvalue weighted by molar-refractivity contribution is 5.85. The third-order valence-corrected chi connectivity index (χ3v) is 5.41. The number of hydrogen-bond donors (Lipinski definition) is 2. The molecule has 9 heteroatoms. The molecule has 0 aliphatic carbocycles. The number of pyridine rings is 1. The molecule has 3 aromatic rings. The van der Waals surface area contributed by atoms with Crippen LogP contribution in [-0.2, 0) is 0 Å². The van der Waals surface area contributed by atoms with Crippen LogP contribution in [0.3, 0.4) is 0 Å². The Bertz CT molecular complexity index is 1090. The second kappa shape index (κ2) is 9.52. The first-order valence-electron chi connectivity index (χ1n) is 10.4. The van der Waals surface area contributed by atoms with Gasteiger partial charge in [0.1, 0.15) is 11.5 Å². The van der Waals surface area contributed by atoms with E-state index in [1.807, 2.05) is 0 Å². The quantitative estimate of drug-likeness (QED) is 0.581. The number of nitrogens with two attached hydrogens (primary N) is 1. The Labute approximate surface area is 184 Å². The van der Waals surface area contributed by atoms with Gasteiger partial charge in [-0.05, 0) is 80.7 Å². The van der Waals surface area contributed by atoms with Crippen molar-refractivity contribution >= 4 is 5.95 Å². The summed E-state index contributed by atoms with van der Waals surface area (Å²) in [6.45, 7) is 3.88. The average molecular weight is 443 g/mol. The first-order valence-corrected chi connectivity index (χ1v) is 10.4. The number of piperidine rings is 1. The molecule has 3 N–H and O–H groups in total. The number of aromatic nitrogens is 3. The molecule has 0 unspecified atom stereocenters. The van der Waals surface area contributed by atoms with E-state index < -0.39 is 12.2 Å². The van der Waals surface area contributed by atoms with E-state index in [1.165, 1.54) is 18.2 Å². The number of ether oxygens (including phenoxy) is 1. The van der Waals surface area contributed by atoms with E-state index >= 15 is 0 Å². The Balaban J connectivity index is 1.84. The summed E-state index contributed by atoms with van der Waals surface area (Å²) in [6, 6.07) is 8.69. The van der Waals surface area contributed by atoms with E-state index in [0.29, 0.717) is 40.6 Å². The van der Waals surface area contributed by atoms with Crippen molar-refractivity contribution < 1.29 is 17.9 Å². The highest BCUT2D eigenvalue weighted by Crippen LogP contribution is 2.39. The van der Waals surface area contributed by atoms with E-state index in [1.54, 1.807) is 25.1 Å². The number of anilines is 1. The number of aryl methyl sites for hydroxylation is 1. The van der Waals surface area contributed by atoms with Crippen LogP contribution in [0.5, 0.6) is 5.88 Å². The van der Waals surface area contributed by atoms with Crippen LogP contribution >= 0.6 is 0 Å². The van der Waals surface area contributed by atoms with E-state index in [4.69, 9.17) is 10.5 Å². The molecule has 3 heterocycles. The Kier molecular flexibility index (Phi) is 6.55. The van der Waals surface area contributed by atoms with Crippen molar-refractivity contribution in [2.45, 2.75) is 26.2 Å². The summed E-state index contributed by atoms with van der Waals surface area (Å²) in [5.74, 6) is 0.124. The fourth-order valence-electron chi connectivity index (χ4n) is 3.83. The van der Waals surface area contributed by atoms with Crippen LogP contribution in [0.1, 0.15) is 30.7 Å². The second-order valence-corrected chi connectivity index (χ2v) is 7.84. The molecule has 6 nitrogen and oxygen atoms in total. The second-order valence-electron chi connectivity index (χ2n) is 7.84. The molecule has 1 fully saturated rings. The van der Waals surface area contributed by atoms with Gasteiger partial charge in [0.15, 0.2) is 0 Å². The third-order valence-electron chi connectivity index (χ3n) is 5.41. The normalized spacial score (nSPS) is 14.7. The molecule has 0 spiro atoms. The molecule has 1 aromatic carbocycles. The zero-order valence-electron chi connectivity index (χ0n) is 17.6. The van der Waals surface area contributed by atoms with Gasteiger partial charge < -0.3 is 15.8 Å². The minimum Gasteiger partial charge on any atom is -0.477 e. The highest BCUT2D eigenvalue weighted by atomic mass is 19.3. The van der Waals surface area contributed by atoms with Gasteiger partial charge in [-0.15, -0.1) is 0 Å². The highest BCUT2D eigenvalue weighted by Gasteiger charge is 2.23. The fraction of sp³-hybridized carbons (Fsp3) is 0.348. The van der Waals surface area contributed by atoms with Gasteiger partial charge in [-0.2, -0.15) is 4.98 Å². The van der Waals surface area contributed by atoms with E-state index in [2.05, 4.69) is 20.3 Å². The predicted molar refractivity (Wildman–Crippen MR) is 116 cm³/mol. The van der Waals surface area contributed by atoms with Crippen LogP contribution in [0, 0.1) is 18.7 Å². The first-order chi connectivity index (χ1) is 15.4. The van der Waals surface area contributed by atoms with Crippen molar-refractivity contribution in [2.24, 2.45) is 5.92 Å². The van der Waals surface area contributed by atoms with E-state index in [0.717, 1.165) is 25.9 Å². The van der Waals surface area contributed by atoms with Gasteiger partial charge in [-0.1, -0.05) is 0 Å². The lowest BCUT2D eigenvalue weighted by molar-refractivity contribution is 0.146. The summed E-state index contributed by atoms with van der Waals surface area (Å²) in [5.41, 5.74) is 7.84. The Morgan fingerprint density at radius 3 is 2.47 bits per heavy atom. The maximum absolute atomic E-state index is 13.5. The van der Waals surface area contributed by atoms with Gasteiger partial charge in [-0.25, -0.2) is 18.2 Å². The summed E-state index contributed by atoms with van der Waals surface area (Å²) in [6.07, 6.45) is -0.813. The van der Waals surface area contributed by atoms with Crippen molar-refractivity contribution in [2.75, 3.05) is 25.4 Å². The molecular formula is C23H24F3N5O. The minimum absolute atomic E-state index is 0.0201. The number of alkyl halides is 2. The van der Waals surface area contributed by atoms with Crippen molar-refractivity contribution in [3.63, 3.8) is 0 Å². The molecule has 1 aliphatic rings. The smallest absolute Gasteiger partial charge is 0.280 e. The van der Waals surface area contributed by atoms with E-state index in [-0.39, 0.29) is 17.5 Å². The molecule has 168 valence electrons. The lowest BCUT2D eigenvalue weighted by Gasteiger charge is -2.23. The summed E-state index contributed by atoms with van der Waals surface area (Å²) in [5, 5.41) is 3.31. The molecule has 0 radical (unpaired) electrons. The standard InChI is InChI=1S/C23H24F3N5O/c1-13-10-16(11-18(29-13)21(25)26)19-20(15-2-4-17(24)5-3-15)30-23(27)31-22(19)32-12-14-6-8-28-9-7-14/h2-5,10-11,14,21,28H,6-9,12H2,1H3,(H2,27,30,31). The fourth-order valence-corrected chi connectivity index (χ4v) is 3.83. The van der Waals surface area contributed by atoms with Gasteiger partial charge in [0, 0.05) is 11.3 Å². The molecule has 0 amide bonds. The van der Waals surface area contributed by atoms with Gasteiger partial charge in [0.25, 0.3) is 6.43 Å². The first kappa shape index (κ1) is 22.0. The van der Waals surface area contributed by atoms with Crippen LogP contribution in [0.2, 0.25) is 0 Å². The summed E-state index contributed by atoms with van der Waals surface area (Å²) >= 11 is 0. The lowest BCUT2D eigenvalue weighted by Crippen LogP contribution is -2.30. The predicted octanol–water partition coefficient (Wildman–Crippen LogP) is 4.55. The number of nitrogens with one attached hydrogen (secondary N) is 1. The van der Waals surface area contributed by atoms with Crippen molar-refractivity contribution in [3.05, 3.63) is 53.6 Å². The van der Waals surface area contributed by atoms with Crippen LogP contribution in [0.25, 0.3) is 22.4 Å². The number of benzene rings is 1. The Hall–Kier alpha value is -3.20. The molecule has 0 saturated carbocycles. The number of nitrogen functional groups attached to an aromatic ring is 1.